The second-order valence-corrected chi connectivity index (χ2v) is 8.79. The molecule has 1 fully saturated rings. The van der Waals surface area contributed by atoms with Crippen LogP contribution in [0.2, 0.25) is 0 Å². The Kier molecular flexibility index (Phi) is 5.84. The average Bonchev–Trinajstić information content (AvgIpc) is 3.23. The second kappa shape index (κ2) is 8.56. The maximum absolute atomic E-state index is 13.0. The summed E-state index contributed by atoms with van der Waals surface area (Å²) >= 11 is 0. The minimum absolute atomic E-state index is 0.0844. The summed E-state index contributed by atoms with van der Waals surface area (Å²) in [4.78, 5) is 25.3. The molecule has 8 heteroatoms. The van der Waals surface area contributed by atoms with Gasteiger partial charge in [-0.2, -0.15) is 0 Å². The summed E-state index contributed by atoms with van der Waals surface area (Å²) in [5, 5.41) is 5.86. The fourth-order valence-electron chi connectivity index (χ4n) is 3.54. The minimum atomic E-state index is -0.503. The summed E-state index contributed by atoms with van der Waals surface area (Å²) < 4.78 is 11.3. The molecule has 2 aromatic rings. The highest BCUT2D eigenvalue weighted by molar-refractivity contribution is 5.97. The van der Waals surface area contributed by atoms with Crippen molar-refractivity contribution in [2.75, 3.05) is 30.4 Å². The van der Waals surface area contributed by atoms with Gasteiger partial charge in [-0.3, -0.25) is 15.0 Å². The van der Waals surface area contributed by atoms with Gasteiger partial charge in [0, 0.05) is 23.3 Å². The van der Waals surface area contributed by atoms with Gasteiger partial charge in [-0.15, -0.1) is 0 Å². The zero-order valence-corrected chi connectivity index (χ0v) is 18.0. The summed E-state index contributed by atoms with van der Waals surface area (Å²) in [5.41, 5.74) is 7.98. The van der Waals surface area contributed by atoms with E-state index in [-0.39, 0.29) is 23.8 Å². The Morgan fingerprint density at radius 3 is 2.42 bits per heavy atom. The van der Waals surface area contributed by atoms with Crippen LogP contribution in [0.25, 0.3) is 0 Å². The maximum Gasteiger partial charge on any atom is 0.230 e. The Morgan fingerprint density at radius 1 is 0.968 bits per heavy atom. The molecule has 2 atom stereocenters. The van der Waals surface area contributed by atoms with E-state index in [1.165, 1.54) is 0 Å². The van der Waals surface area contributed by atoms with Crippen LogP contribution in [-0.2, 0) is 9.59 Å². The highest BCUT2D eigenvalue weighted by atomic mass is 16.6. The largest absolute Gasteiger partial charge is 0.486 e. The molecule has 4 rings (SSSR count). The number of carbonyl (C=O) groups excluding carboxylic acids is 2. The van der Waals surface area contributed by atoms with Crippen LogP contribution in [0.4, 0.5) is 11.4 Å². The van der Waals surface area contributed by atoms with Crippen molar-refractivity contribution in [3.8, 4) is 11.5 Å². The molecule has 2 aromatic carbocycles. The SMILES string of the molecule is CC(C)(C)C(=O)Nc1cccc(NC(=O)C2CNNC2c2ccc3c(c2)OCCO3)c1. The number of hydrogen-bond acceptors (Lipinski definition) is 6. The summed E-state index contributed by atoms with van der Waals surface area (Å²) in [6.07, 6.45) is 0. The average molecular weight is 425 g/mol. The van der Waals surface area contributed by atoms with Crippen molar-refractivity contribution in [2.45, 2.75) is 26.8 Å². The van der Waals surface area contributed by atoms with E-state index in [1.807, 2.05) is 39.0 Å². The first-order valence-electron chi connectivity index (χ1n) is 10.4. The molecule has 0 aromatic heterocycles. The lowest BCUT2D eigenvalue weighted by Crippen LogP contribution is -2.30. The molecule has 2 heterocycles. The monoisotopic (exact) mass is 424 g/mol. The Labute approximate surface area is 181 Å². The predicted octanol–water partition coefficient (Wildman–Crippen LogP) is 2.85. The van der Waals surface area contributed by atoms with Crippen molar-refractivity contribution in [3.63, 3.8) is 0 Å². The van der Waals surface area contributed by atoms with E-state index in [4.69, 9.17) is 9.47 Å². The quantitative estimate of drug-likeness (QED) is 0.602. The number of hydrazine groups is 1. The second-order valence-electron chi connectivity index (χ2n) is 8.79. The fourth-order valence-corrected chi connectivity index (χ4v) is 3.54. The number of ether oxygens (including phenoxy) is 2. The molecule has 0 bridgehead atoms. The first-order chi connectivity index (χ1) is 14.8. The lowest BCUT2D eigenvalue weighted by Gasteiger charge is -2.22. The number of amides is 2. The van der Waals surface area contributed by atoms with Crippen molar-refractivity contribution in [2.24, 2.45) is 11.3 Å². The molecular formula is C23H28N4O4. The number of anilines is 2. The van der Waals surface area contributed by atoms with Crippen molar-refractivity contribution >= 4 is 23.2 Å². The molecular weight excluding hydrogens is 396 g/mol. The van der Waals surface area contributed by atoms with Crippen molar-refractivity contribution in [1.29, 1.82) is 0 Å². The van der Waals surface area contributed by atoms with Gasteiger partial charge in [0.1, 0.15) is 13.2 Å². The van der Waals surface area contributed by atoms with Gasteiger partial charge in [0.2, 0.25) is 11.8 Å². The number of carbonyl (C=O) groups is 2. The molecule has 2 aliphatic heterocycles. The van der Waals surface area contributed by atoms with Crippen LogP contribution in [0.1, 0.15) is 32.4 Å². The van der Waals surface area contributed by atoms with E-state index >= 15 is 0 Å². The number of hydrogen-bond donors (Lipinski definition) is 4. The van der Waals surface area contributed by atoms with E-state index in [0.29, 0.717) is 36.9 Å². The highest BCUT2D eigenvalue weighted by Crippen LogP contribution is 2.35. The van der Waals surface area contributed by atoms with E-state index in [2.05, 4.69) is 21.5 Å². The molecule has 2 unspecified atom stereocenters. The molecule has 0 aliphatic carbocycles. The molecule has 2 amide bonds. The smallest absolute Gasteiger partial charge is 0.230 e. The van der Waals surface area contributed by atoms with E-state index in [1.54, 1.807) is 24.3 Å². The van der Waals surface area contributed by atoms with Gasteiger partial charge in [0.05, 0.1) is 12.0 Å². The Hall–Kier alpha value is -3.10. The molecule has 0 saturated carbocycles. The first kappa shape index (κ1) is 21.1. The Morgan fingerprint density at radius 2 is 1.68 bits per heavy atom. The number of rotatable bonds is 4. The fraction of sp³-hybridized carbons (Fsp3) is 0.391. The number of benzene rings is 2. The molecule has 1 saturated heterocycles. The van der Waals surface area contributed by atoms with Crippen molar-refractivity contribution in [1.82, 2.24) is 10.9 Å². The van der Waals surface area contributed by atoms with Gasteiger partial charge in [-0.1, -0.05) is 32.9 Å². The Balaban J connectivity index is 1.46. The van der Waals surface area contributed by atoms with Gasteiger partial charge in [0.15, 0.2) is 11.5 Å². The summed E-state index contributed by atoms with van der Waals surface area (Å²) in [6.45, 7) is 7.10. The van der Waals surface area contributed by atoms with Crippen LogP contribution >= 0.6 is 0 Å². The molecule has 31 heavy (non-hydrogen) atoms. The third-order valence-corrected chi connectivity index (χ3v) is 5.31. The predicted molar refractivity (Wildman–Crippen MR) is 118 cm³/mol. The molecule has 164 valence electrons. The van der Waals surface area contributed by atoms with Gasteiger partial charge < -0.3 is 20.1 Å². The summed E-state index contributed by atoms with van der Waals surface area (Å²) in [6, 6.07) is 12.7. The van der Waals surface area contributed by atoms with Crippen LogP contribution in [0.15, 0.2) is 42.5 Å². The molecule has 0 spiro atoms. The lowest BCUT2D eigenvalue weighted by atomic mass is 9.93. The van der Waals surface area contributed by atoms with Crippen molar-refractivity contribution in [3.05, 3.63) is 48.0 Å². The lowest BCUT2D eigenvalue weighted by molar-refractivity contribution is -0.123. The standard InChI is InChI=1S/C23H28N4O4/c1-23(2,3)22(29)26-16-6-4-5-15(12-16)25-21(28)17-13-24-27-20(17)14-7-8-18-19(11-14)31-10-9-30-18/h4-8,11-12,17,20,24,27H,9-10,13H2,1-3H3,(H,25,28)(H,26,29). The van der Waals surface area contributed by atoms with Crippen LogP contribution in [0.3, 0.4) is 0 Å². The van der Waals surface area contributed by atoms with Crippen LogP contribution in [0, 0.1) is 11.3 Å². The first-order valence-corrected chi connectivity index (χ1v) is 10.4. The third kappa shape index (κ3) is 4.81. The minimum Gasteiger partial charge on any atom is -0.486 e. The summed E-state index contributed by atoms with van der Waals surface area (Å²) in [5.74, 6) is 0.890. The van der Waals surface area contributed by atoms with E-state index in [0.717, 1.165) is 11.3 Å². The van der Waals surface area contributed by atoms with E-state index in [9.17, 15) is 9.59 Å². The topological polar surface area (TPSA) is 101 Å². The van der Waals surface area contributed by atoms with Crippen LogP contribution in [-0.4, -0.2) is 31.6 Å². The normalized spacial score (nSPS) is 20.2. The molecule has 2 aliphatic rings. The zero-order valence-electron chi connectivity index (χ0n) is 18.0. The van der Waals surface area contributed by atoms with Crippen LogP contribution in [0.5, 0.6) is 11.5 Å². The number of nitrogens with one attached hydrogen (secondary N) is 4. The van der Waals surface area contributed by atoms with Gasteiger partial charge in [-0.25, -0.2) is 5.43 Å². The van der Waals surface area contributed by atoms with Gasteiger partial charge >= 0.3 is 0 Å². The molecule has 0 radical (unpaired) electrons. The van der Waals surface area contributed by atoms with Gasteiger partial charge in [-0.05, 0) is 35.9 Å². The Bertz CT molecular complexity index is 986. The number of fused-ring (bicyclic) bond motifs is 1. The van der Waals surface area contributed by atoms with Crippen LogP contribution < -0.4 is 31.0 Å². The molecule has 8 nitrogen and oxygen atoms in total. The molecule has 4 N–H and O–H groups in total. The zero-order chi connectivity index (χ0) is 22.0. The highest BCUT2D eigenvalue weighted by Gasteiger charge is 2.34. The third-order valence-electron chi connectivity index (χ3n) is 5.31. The summed E-state index contributed by atoms with van der Waals surface area (Å²) in [7, 11) is 0. The van der Waals surface area contributed by atoms with Crippen molar-refractivity contribution < 1.29 is 19.1 Å². The van der Waals surface area contributed by atoms with E-state index < -0.39 is 5.41 Å². The van der Waals surface area contributed by atoms with Gasteiger partial charge in [0.25, 0.3) is 0 Å². The maximum atomic E-state index is 13.0.